The number of amides is 2. The standard InChI is InChI=1S/C23H32N4O2/c1-9-11-19(18-12-25-27(14-18)15-22(29)26(7)8)23(17(5)6)20(16(3)4)13-24-21(28)10-2/h9-12,14H,1-2,13,15H2,3-8H3,(H,24,28)/b19-11-. The maximum absolute atomic E-state index is 12.0. The first-order chi connectivity index (χ1) is 13.6. The molecule has 1 aromatic heterocycles. The minimum absolute atomic E-state index is 0.0338. The number of allylic oxidation sites excluding steroid dienone is 5. The summed E-state index contributed by atoms with van der Waals surface area (Å²) < 4.78 is 1.62. The van der Waals surface area contributed by atoms with Gasteiger partial charge in [0.1, 0.15) is 6.54 Å². The van der Waals surface area contributed by atoms with Gasteiger partial charge in [-0.15, -0.1) is 0 Å². The predicted molar refractivity (Wildman–Crippen MR) is 119 cm³/mol. The van der Waals surface area contributed by atoms with Crippen molar-refractivity contribution in [2.24, 2.45) is 0 Å². The van der Waals surface area contributed by atoms with Crippen LogP contribution in [0, 0.1) is 0 Å². The lowest BCUT2D eigenvalue weighted by molar-refractivity contribution is -0.129. The Kier molecular flexibility index (Phi) is 9.06. The van der Waals surface area contributed by atoms with Gasteiger partial charge in [-0.2, -0.15) is 5.10 Å². The zero-order chi connectivity index (χ0) is 22.1. The van der Waals surface area contributed by atoms with E-state index < -0.39 is 0 Å². The second-order valence-corrected chi connectivity index (χ2v) is 7.31. The number of nitrogens with zero attached hydrogens (tertiary/aromatic N) is 3. The van der Waals surface area contributed by atoms with Gasteiger partial charge in [-0.3, -0.25) is 14.3 Å². The van der Waals surface area contributed by atoms with Gasteiger partial charge in [0.25, 0.3) is 0 Å². The van der Waals surface area contributed by atoms with Crippen LogP contribution in [-0.4, -0.2) is 47.1 Å². The van der Waals surface area contributed by atoms with Gasteiger partial charge < -0.3 is 10.2 Å². The number of hydrogen-bond donors (Lipinski definition) is 1. The molecular formula is C23H32N4O2. The summed E-state index contributed by atoms with van der Waals surface area (Å²) in [4.78, 5) is 25.2. The van der Waals surface area contributed by atoms with Gasteiger partial charge in [0.15, 0.2) is 0 Å². The molecule has 0 aliphatic carbocycles. The second-order valence-electron chi connectivity index (χ2n) is 7.31. The molecule has 0 radical (unpaired) electrons. The number of carbonyl (C=O) groups is 2. The van der Waals surface area contributed by atoms with E-state index >= 15 is 0 Å². The first kappa shape index (κ1) is 23.9. The third kappa shape index (κ3) is 6.75. The van der Waals surface area contributed by atoms with Gasteiger partial charge in [0.2, 0.25) is 11.8 Å². The quantitative estimate of drug-likeness (QED) is 0.513. The SMILES string of the molecule is C=C/C=C(\C(=C(C)C)C(CNC(=O)C=C)=C(C)C)c1cnn(CC(=O)N(C)C)c1. The molecule has 0 fully saturated rings. The highest BCUT2D eigenvalue weighted by molar-refractivity contribution is 5.89. The number of aromatic nitrogens is 2. The molecule has 0 bridgehead atoms. The van der Waals surface area contributed by atoms with Crippen LogP contribution in [0.1, 0.15) is 33.3 Å². The van der Waals surface area contributed by atoms with Gasteiger partial charge in [-0.25, -0.2) is 0 Å². The lowest BCUT2D eigenvalue weighted by Crippen LogP contribution is -2.26. The highest BCUT2D eigenvalue weighted by Crippen LogP contribution is 2.32. The summed E-state index contributed by atoms with van der Waals surface area (Å²) in [6, 6.07) is 0. The van der Waals surface area contributed by atoms with Crippen molar-refractivity contribution in [2.75, 3.05) is 20.6 Å². The van der Waals surface area contributed by atoms with Crippen molar-refractivity contribution in [1.29, 1.82) is 0 Å². The highest BCUT2D eigenvalue weighted by atomic mass is 16.2. The van der Waals surface area contributed by atoms with Gasteiger partial charge in [0, 0.05) is 32.4 Å². The number of carbonyl (C=O) groups excluding carboxylic acids is 2. The lowest BCUT2D eigenvalue weighted by Gasteiger charge is -2.19. The van der Waals surface area contributed by atoms with Gasteiger partial charge in [-0.05, 0) is 50.5 Å². The third-order valence-electron chi connectivity index (χ3n) is 4.32. The van der Waals surface area contributed by atoms with Crippen LogP contribution in [0.3, 0.4) is 0 Å². The van der Waals surface area contributed by atoms with E-state index in [1.54, 1.807) is 31.1 Å². The fourth-order valence-electron chi connectivity index (χ4n) is 2.81. The van der Waals surface area contributed by atoms with E-state index in [0.29, 0.717) is 6.54 Å². The summed E-state index contributed by atoms with van der Waals surface area (Å²) in [6.45, 7) is 16.0. The molecule has 0 saturated heterocycles. The lowest BCUT2D eigenvalue weighted by atomic mass is 9.88. The third-order valence-corrected chi connectivity index (χ3v) is 4.32. The van der Waals surface area contributed by atoms with Crippen LogP contribution in [0.15, 0.2) is 66.1 Å². The molecule has 0 atom stereocenters. The molecule has 29 heavy (non-hydrogen) atoms. The normalized spacial score (nSPS) is 10.8. The largest absolute Gasteiger partial charge is 0.348 e. The zero-order valence-corrected chi connectivity index (χ0v) is 18.4. The maximum atomic E-state index is 12.0. The van der Waals surface area contributed by atoms with Crippen molar-refractivity contribution in [3.63, 3.8) is 0 Å². The first-order valence-corrected chi connectivity index (χ1v) is 9.42. The molecule has 1 rings (SSSR count). The van der Waals surface area contributed by atoms with Crippen molar-refractivity contribution in [3.8, 4) is 0 Å². The Morgan fingerprint density at radius 2 is 1.83 bits per heavy atom. The van der Waals surface area contributed by atoms with Crippen LogP contribution in [0.5, 0.6) is 0 Å². The Hall–Kier alpha value is -3.15. The minimum atomic E-state index is -0.221. The summed E-state index contributed by atoms with van der Waals surface area (Å²) in [5.74, 6) is -0.255. The molecule has 6 nitrogen and oxygen atoms in total. The molecule has 2 amide bonds. The van der Waals surface area contributed by atoms with E-state index in [-0.39, 0.29) is 18.4 Å². The van der Waals surface area contributed by atoms with Gasteiger partial charge >= 0.3 is 0 Å². The fraction of sp³-hybridized carbons (Fsp3) is 0.348. The summed E-state index contributed by atoms with van der Waals surface area (Å²) in [5, 5.41) is 7.22. The van der Waals surface area contributed by atoms with Crippen LogP contribution in [0.2, 0.25) is 0 Å². The Bertz CT molecular complexity index is 874. The van der Waals surface area contributed by atoms with E-state index in [9.17, 15) is 9.59 Å². The van der Waals surface area contributed by atoms with Gasteiger partial charge in [0.05, 0.1) is 6.20 Å². The minimum Gasteiger partial charge on any atom is -0.348 e. The Morgan fingerprint density at radius 3 is 2.31 bits per heavy atom. The zero-order valence-electron chi connectivity index (χ0n) is 18.4. The van der Waals surface area contributed by atoms with Crippen molar-refractivity contribution < 1.29 is 9.59 Å². The average molecular weight is 397 g/mol. The molecule has 0 unspecified atom stereocenters. The molecule has 0 aliphatic rings. The highest BCUT2D eigenvalue weighted by Gasteiger charge is 2.18. The molecule has 0 aromatic carbocycles. The topological polar surface area (TPSA) is 67.2 Å². The molecule has 1 aromatic rings. The van der Waals surface area contributed by atoms with Crippen molar-refractivity contribution in [2.45, 2.75) is 34.2 Å². The number of hydrogen-bond acceptors (Lipinski definition) is 3. The molecule has 0 spiro atoms. The Morgan fingerprint density at radius 1 is 1.17 bits per heavy atom. The molecule has 1 heterocycles. The Balaban J connectivity index is 3.39. The van der Waals surface area contributed by atoms with Gasteiger partial charge in [-0.1, -0.05) is 36.5 Å². The summed E-state index contributed by atoms with van der Waals surface area (Å²) in [5.41, 5.74) is 6.04. The number of likely N-dealkylation sites (N-methyl/N-ethyl adjacent to an activating group) is 1. The van der Waals surface area contributed by atoms with E-state index in [1.165, 1.54) is 11.0 Å². The van der Waals surface area contributed by atoms with Crippen molar-refractivity contribution >= 4 is 17.4 Å². The monoisotopic (exact) mass is 396 g/mol. The summed E-state index contributed by atoms with van der Waals surface area (Å²) >= 11 is 0. The van der Waals surface area contributed by atoms with E-state index in [1.807, 2.05) is 40.0 Å². The van der Waals surface area contributed by atoms with Crippen molar-refractivity contribution in [3.05, 3.63) is 71.6 Å². The molecule has 1 N–H and O–H groups in total. The fourth-order valence-corrected chi connectivity index (χ4v) is 2.81. The second kappa shape index (κ2) is 11.0. The van der Waals surface area contributed by atoms with Crippen molar-refractivity contribution in [1.82, 2.24) is 20.0 Å². The van der Waals surface area contributed by atoms with Crippen LogP contribution >= 0.6 is 0 Å². The molecule has 6 heteroatoms. The van der Waals surface area contributed by atoms with Crippen LogP contribution in [-0.2, 0) is 16.1 Å². The molecule has 0 saturated carbocycles. The molecular weight excluding hydrogens is 364 g/mol. The average Bonchev–Trinajstić information content (AvgIpc) is 3.10. The van der Waals surface area contributed by atoms with E-state index in [0.717, 1.165) is 33.4 Å². The first-order valence-electron chi connectivity index (χ1n) is 9.42. The Labute approximate surface area is 174 Å². The molecule has 0 aliphatic heterocycles. The molecule has 156 valence electrons. The smallest absolute Gasteiger partial charge is 0.243 e. The van der Waals surface area contributed by atoms with Crippen LogP contribution in [0.4, 0.5) is 0 Å². The van der Waals surface area contributed by atoms with Crippen LogP contribution < -0.4 is 5.32 Å². The van der Waals surface area contributed by atoms with E-state index in [4.69, 9.17) is 0 Å². The number of rotatable bonds is 9. The van der Waals surface area contributed by atoms with Crippen LogP contribution in [0.25, 0.3) is 5.57 Å². The summed E-state index contributed by atoms with van der Waals surface area (Å²) in [7, 11) is 3.44. The summed E-state index contributed by atoms with van der Waals surface area (Å²) in [6.07, 6.45) is 8.51. The number of nitrogens with one attached hydrogen (secondary N) is 1. The predicted octanol–water partition coefficient (Wildman–Crippen LogP) is 3.52. The van der Waals surface area contributed by atoms with E-state index in [2.05, 4.69) is 23.6 Å². The maximum Gasteiger partial charge on any atom is 0.243 e.